The van der Waals surface area contributed by atoms with Crippen molar-refractivity contribution in [3.63, 3.8) is 0 Å². The number of rotatable bonds is 7. The number of nitrogens with zero attached hydrogens (tertiary/aromatic N) is 1. The number of benzene rings is 2. The van der Waals surface area contributed by atoms with Crippen molar-refractivity contribution in [2.75, 3.05) is 25.0 Å². The molecule has 2 aromatic carbocycles. The first-order chi connectivity index (χ1) is 14.3. The van der Waals surface area contributed by atoms with Crippen LogP contribution < -0.4 is 10.6 Å². The van der Waals surface area contributed by atoms with E-state index < -0.39 is 15.9 Å². The van der Waals surface area contributed by atoms with Gasteiger partial charge in [0.25, 0.3) is 11.8 Å². The Morgan fingerprint density at radius 3 is 2.23 bits per heavy atom. The van der Waals surface area contributed by atoms with Gasteiger partial charge in [-0.25, -0.2) is 8.42 Å². The lowest BCUT2D eigenvalue weighted by Crippen LogP contribution is -2.28. The van der Waals surface area contributed by atoms with Gasteiger partial charge in [-0.3, -0.25) is 9.59 Å². The molecule has 0 aliphatic carbocycles. The van der Waals surface area contributed by atoms with E-state index in [1.54, 1.807) is 24.3 Å². The molecule has 0 saturated carbocycles. The first kappa shape index (κ1) is 22.0. The van der Waals surface area contributed by atoms with Crippen LogP contribution in [0.25, 0.3) is 0 Å². The van der Waals surface area contributed by atoms with Crippen LogP contribution >= 0.6 is 0 Å². The normalized spacial score (nSPS) is 14.6. The SMILES string of the molecule is CC(C)CNC(=O)c1ccccc1NC(=O)c1ccc(S(=O)(=O)N2CCCC2)cc1. The fraction of sp³-hybridized carbons (Fsp3) is 0.364. The van der Waals surface area contributed by atoms with Crippen LogP contribution in [0.4, 0.5) is 5.69 Å². The maximum atomic E-state index is 12.7. The molecule has 2 amide bonds. The summed E-state index contributed by atoms with van der Waals surface area (Å²) in [5.74, 6) is -0.359. The van der Waals surface area contributed by atoms with E-state index in [1.807, 2.05) is 13.8 Å². The first-order valence-corrected chi connectivity index (χ1v) is 11.5. The quantitative estimate of drug-likeness (QED) is 0.707. The van der Waals surface area contributed by atoms with Crippen LogP contribution in [0.3, 0.4) is 0 Å². The number of carbonyl (C=O) groups is 2. The van der Waals surface area contributed by atoms with Gasteiger partial charge < -0.3 is 10.6 Å². The summed E-state index contributed by atoms with van der Waals surface area (Å²) < 4.78 is 26.7. The largest absolute Gasteiger partial charge is 0.352 e. The Morgan fingerprint density at radius 2 is 1.60 bits per heavy atom. The molecule has 1 aliphatic heterocycles. The van der Waals surface area contributed by atoms with Crippen LogP contribution in [-0.2, 0) is 10.0 Å². The van der Waals surface area contributed by atoms with E-state index in [-0.39, 0.29) is 10.8 Å². The zero-order valence-electron chi connectivity index (χ0n) is 17.2. The summed E-state index contributed by atoms with van der Waals surface area (Å²) in [6.45, 7) is 5.59. The molecule has 1 heterocycles. The molecule has 1 aliphatic rings. The minimum absolute atomic E-state index is 0.175. The highest BCUT2D eigenvalue weighted by atomic mass is 32.2. The molecule has 0 unspecified atom stereocenters. The van der Waals surface area contributed by atoms with Gasteiger partial charge in [0.15, 0.2) is 0 Å². The third kappa shape index (κ3) is 5.06. The maximum absolute atomic E-state index is 12.7. The van der Waals surface area contributed by atoms with E-state index in [2.05, 4.69) is 10.6 Å². The Morgan fingerprint density at radius 1 is 0.967 bits per heavy atom. The summed E-state index contributed by atoms with van der Waals surface area (Å²) in [5.41, 5.74) is 1.09. The molecule has 1 fully saturated rings. The predicted molar refractivity (Wildman–Crippen MR) is 116 cm³/mol. The first-order valence-electron chi connectivity index (χ1n) is 10.1. The fourth-order valence-electron chi connectivity index (χ4n) is 3.23. The van der Waals surface area contributed by atoms with Gasteiger partial charge in [-0.15, -0.1) is 0 Å². The van der Waals surface area contributed by atoms with Crippen molar-refractivity contribution in [3.05, 3.63) is 59.7 Å². The Bertz CT molecular complexity index is 1010. The van der Waals surface area contributed by atoms with Gasteiger partial charge >= 0.3 is 0 Å². The molecular weight excluding hydrogens is 402 g/mol. The van der Waals surface area contributed by atoms with Crippen LogP contribution in [0.2, 0.25) is 0 Å². The number of hydrogen-bond donors (Lipinski definition) is 2. The summed E-state index contributed by atoms with van der Waals surface area (Å²) in [6, 6.07) is 12.6. The second kappa shape index (κ2) is 9.40. The van der Waals surface area contributed by atoms with E-state index in [0.29, 0.717) is 42.4 Å². The van der Waals surface area contributed by atoms with Crippen molar-refractivity contribution in [1.29, 1.82) is 0 Å². The standard InChI is InChI=1S/C22H27N3O4S/c1-16(2)15-23-22(27)19-7-3-4-8-20(19)24-21(26)17-9-11-18(12-10-17)30(28,29)25-13-5-6-14-25/h3-4,7-12,16H,5-6,13-15H2,1-2H3,(H,23,27)(H,24,26). The zero-order valence-corrected chi connectivity index (χ0v) is 18.0. The van der Waals surface area contributed by atoms with Crippen LogP contribution in [0.1, 0.15) is 47.4 Å². The molecule has 3 rings (SSSR count). The number of anilines is 1. The predicted octanol–water partition coefficient (Wildman–Crippen LogP) is 3.11. The fourth-order valence-corrected chi connectivity index (χ4v) is 4.75. The minimum Gasteiger partial charge on any atom is -0.352 e. The number of para-hydroxylation sites is 1. The van der Waals surface area contributed by atoms with Crippen molar-refractivity contribution in [2.45, 2.75) is 31.6 Å². The van der Waals surface area contributed by atoms with Gasteiger partial charge in [0.2, 0.25) is 10.0 Å². The highest BCUT2D eigenvalue weighted by Gasteiger charge is 2.27. The lowest BCUT2D eigenvalue weighted by atomic mass is 10.1. The van der Waals surface area contributed by atoms with Crippen LogP contribution in [0.5, 0.6) is 0 Å². The monoisotopic (exact) mass is 429 g/mol. The molecule has 7 nitrogen and oxygen atoms in total. The second-order valence-corrected chi connectivity index (χ2v) is 9.68. The van der Waals surface area contributed by atoms with Crippen molar-refractivity contribution in [2.24, 2.45) is 5.92 Å². The highest BCUT2D eigenvalue weighted by Crippen LogP contribution is 2.22. The summed E-state index contributed by atoms with van der Waals surface area (Å²) >= 11 is 0. The zero-order chi connectivity index (χ0) is 21.7. The smallest absolute Gasteiger partial charge is 0.255 e. The lowest BCUT2D eigenvalue weighted by Gasteiger charge is -2.16. The third-order valence-corrected chi connectivity index (χ3v) is 6.82. The molecular formula is C22H27N3O4S. The van der Waals surface area contributed by atoms with E-state index in [1.165, 1.54) is 28.6 Å². The summed E-state index contributed by atoms with van der Waals surface area (Å²) in [4.78, 5) is 25.3. The van der Waals surface area contributed by atoms with Gasteiger partial charge in [0.05, 0.1) is 16.1 Å². The van der Waals surface area contributed by atoms with Crippen molar-refractivity contribution >= 4 is 27.5 Å². The molecule has 8 heteroatoms. The van der Waals surface area contributed by atoms with Gasteiger partial charge in [-0.2, -0.15) is 4.31 Å². The van der Waals surface area contributed by atoms with E-state index in [9.17, 15) is 18.0 Å². The highest BCUT2D eigenvalue weighted by molar-refractivity contribution is 7.89. The molecule has 0 atom stereocenters. The molecule has 2 N–H and O–H groups in total. The van der Waals surface area contributed by atoms with Crippen LogP contribution in [0.15, 0.2) is 53.4 Å². The Kier molecular flexibility index (Phi) is 6.89. The molecule has 0 bridgehead atoms. The molecule has 2 aromatic rings. The third-order valence-electron chi connectivity index (χ3n) is 4.91. The van der Waals surface area contributed by atoms with Gasteiger partial charge in [0, 0.05) is 25.2 Å². The number of sulfonamides is 1. The average Bonchev–Trinajstić information content (AvgIpc) is 3.28. The number of carbonyl (C=O) groups excluding carboxylic acids is 2. The van der Waals surface area contributed by atoms with Crippen molar-refractivity contribution in [1.82, 2.24) is 9.62 Å². The Labute approximate surface area is 177 Å². The molecule has 30 heavy (non-hydrogen) atoms. The summed E-state index contributed by atoms with van der Waals surface area (Å²) in [6.07, 6.45) is 1.73. The number of hydrogen-bond acceptors (Lipinski definition) is 4. The van der Waals surface area contributed by atoms with Crippen molar-refractivity contribution < 1.29 is 18.0 Å². The molecule has 0 radical (unpaired) electrons. The maximum Gasteiger partial charge on any atom is 0.255 e. The minimum atomic E-state index is -3.52. The summed E-state index contributed by atoms with van der Waals surface area (Å²) in [5, 5.41) is 5.59. The van der Waals surface area contributed by atoms with Crippen LogP contribution in [0, 0.1) is 5.92 Å². The summed E-state index contributed by atoms with van der Waals surface area (Å²) in [7, 11) is -3.52. The molecule has 0 aromatic heterocycles. The van der Waals surface area contributed by atoms with E-state index in [0.717, 1.165) is 12.8 Å². The number of amides is 2. The second-order valence-electron chi connectivity index (χ2n) is 7.74. The molecule has 0 spiro atoms. The van der Waals surface area contributed by atoms with Crippen molar-refractivity contribution in [3.8, 4) is 0 Å². The van der Waals surface area contributed by atoms with Gasteiger partial charge in [-0.1, -0.05) is 26.0 Å². The molecule has 160 valence electrons. The van der Waals surface area contributed by atoms with E-state index >= 15 is 0 Å². The molecule has 1 saturated heterocycles. The lowest BCUT2D eigenvalue weighted by molar-refractivity contribution is 0.0950. The Hall–Kier alpha value is -2.71. The average molecular weight is 430 g/mol. The van der Waals surface area contributed by atoms with E-state index in [4.69, 9.17) is 0 Å². The van der Waals surface area contributed by atoms with Gasteiger partial charge in [0.1, 0.15) is 0 Å². The number of nitrogens with one attached hydrogen (secondary N) is 2. The van der Waals surface area contributed by atoms with Gasteiger partial charge in [-0.05, 0) is 55.2 Å². The van der Waals surface area contributed by atoms with Crippen LogP contribution in [-0.4, -0.2) is 44.2 Å². The Balaban J connectivity index is 1.73. The topological polar surface area (TPSA) is 95.6 Å².